The van der Waals surface area contributed by atoms with Crippen molar-refractivity contribution in [2.75, 3.05) is 6.54 Å². The molecule has 1 atom stereocenters. The first-order valence-electron chi connectivity index (χ1n) is 4.20. The average molecular weight is 234 g/mol. The number of nitrogens with zero attached hydrogens (tertiary/aromatic N) is 1. The van der Waals surface area contributed by atoms with Gasteiger partial charge in [0, 0.05) is 12.7 Å². The monoisotopic (exact) mass is 234 g/mol. The molecule has 1 aromatic rings. The molecule has 1 aromatic heterocycles. The first-order chi connectivity index (χ1) is 6.92. The van der Waals surface area contributed by atoms with Crippen LogP contribution in [0.25, 0.3) is 0 Å². The predicted molar refractivity (Wildman–Crippen MR) is 51.1 cm³/mol. The fraction of sp³-hybridized carbons (Fsp3) is 0.375. The molecule has 0 amide bonds. The molecule has 0 fully saturated rings. The number of pyridine rings is 1. The lowest BCUT2D eigenvalue weighted by molar-refractivity contribution is 0.198. The molecule has 0 aromatic carbocycles. The topological polar surface area (TPSA) is 79.3 Å². The Labute approximate surface area is 87.0 Å². The van der Waals surface area contributed by atoms with Crippen molar-refractivity contribution in [3.63, 3.8) is 0 Å². The van der Waals surface area contributed by atoms with E-state index in [0.29, 0.717) is 0 Å². The average Bonchev–Trinajstić information content (AvgIpc) is 2.15. The van der Waals surface area contributed by atoms with E-state index in [4.69, 9.17) is 5.11 Å². The standard InChI is InChI=1S/C8H11FN2O3S/c1-6(12)3-11-15(13,14)8-2-7(9)4-10-5-8/h2,4-6,11-12H,3H2,1H3/t6-/m0/s1. The highest BCUT2D eigenvalue weighted by atomic mass is 32.2. The lowest BCUT2D eigenvalue weighted by Crippen LogP contribution is -2.30. The van der Waals surface area contributed by atoms with Crippen LogP contribution in [0.2, 0.25) is 0 Å². The van der Waals surface area contributed by atoms with Gasteiger partial charge in [0.05, 0.1) is 12.3 Å². The lowest BCUT2D eigenvalue weighted by Gasteiger charge is -2.07. The summed E-state index contributed by atoms with van der Waals surface area (Å²) in [7, 11) is -3.79. The van der Waals surface area contributed by atoms with E-state index in [0.717, 1.165) is 18.5 Å². The molecule has 0 aliphatic heterocycles. The zero-order valence-corrected chi connectivity index (χ0v) is 8.83. The van der Waals surface area contributed by atoms with Crippen molar-refractivity contribution in [1.29, 1.82) is 0 Å². The van der Waals surface area contributed by atoms with Crippen LogP contribution in [0.15, 0.2) is 23.4 Å². The number of halogens is 1. The molecule has 0 aliphatic rings. The normalized spacial score (nSPS) is 13.8. The zero-order valence-electron chi connectivity index (χ0n) is 8.01. The van der Waals surface area contributed by atoms with Gasteiger partial charge in [-0.05, 0) is 13.0 Å². The molecule has 2 N–H and O–H groups in total. The van der Waals surface area contributed by atoms with Gasteiger partial charge >= 0.3 is 0 Å². The van der Waals surface area contributed by atoms with E-state index in [-0.39, 0.29) is 11.4 Å². The van der Waals surface area contributed by atoms with E-state index < -0.39 is 21.9 Å². The number of sulfonamides is 1. The second kappa shape index (κ2) is 4.65. The van der Waals surface area contributed by atoms with Gasteiger partial charge in [0.15, 0.2) is 0 Å². The van der Waals surface area contributed by atoms with E-state index in [2.05, 4.69) is 9.71 Å². The molecular weight excluding hydrogens is 223 g/mol. The van der Waals surface area contributed by atoms with Crippen LogP contribution in [0.3, 0.4) is 0 Å². The molecule has 0 aliphatic carbocycles. The maximum absolute atomic E-state index is 12.7. The number of aliphatic hydroxyl groups is 1. The molecule has 5 nitrogen and oxygen atoms in total. The SMILES string of the molecule is C[C@H](O)CNS(=O)(=O)c1cncc(F)c1. The third-order valence-corrected chi connectivity index (χ3v) is 2.95. The van der Waals surface area contributed by atoms with E-state index in [1.165, 1.54) is 6.92 Å². The van der Waals surface area contributed by atoms with Gasteiger partial charge < -0.3 is 5.11 Å². The number of hydrogen-bond acceptors (Lipinski definition) is 4. The predicted octanol–water partition coefficient (Wildman–Crippen LogP) is -0.120. The molecule has 0 spiro atoms. The Morgan fingerprint density at radius 2 is 2.27 bits per heavy atom. The highest BCUT2D eigenvalue weighted by Crippen LogP contribution is 2.07. The van der Waals surface area contributed by atoms with Crippen LogP contribution in [-0.4, -0.2) is 31.2 Å². The molecule has 0 radical (unpaired) electrons. The Morgan fingerprint density at radius 3 is 2.80 bits per heavy atom. The van der Waals surface area contributed by atoms with Gasteiger partial charge in [-0.25, -0.2) is 17.5 Å². The molecule has 15 heavy (non-hydrogen) atoms. The summed E-state index contributed by atoms with van der Waals surface area (Å²) >= 11 is 0. The zero-order chi connectivity index (χ0) is 11.5. The molecular formula is C8H11FN2O3S. The maximum Gasteiger partial charge on any atom is 0.242 e. The molecule has 0 saturated heterocycles. The Hall–Kier alpha value is -1.05. The fourth-order valence-electron chi connectivity index (χ4n) is 0.853. The van der Waals surface area contributed by atoms with Gasteiger partial charge in [-0.15, -0.1) is 0 Å². The van der Waals surface area contributed by atoms with Crippen molar-refractivity contribution >= 4 is 10.0 Å². The molecule has 7 heteroatoms. The van der Waals surface area contributed by atoms with E-state index in [1.54, 1.807) is 0 Å². The van der Waals surface area contributed by atoms with Crippen LogP contribution in [0, 0.1) is 5.82 Å². The largest absolute Gasteiger partial charge is 0.392 e. The molecule has 0 saturated carbocycles. The van der Waals surface area contributed by atoms with Crippen LogP contribution in [0.4, 0.5) is 4.39 Å². The molecule has 1 heterocycles. The van der Waals surface area contributed by atoms with Crippen LogP contribution in [0.1, 0.15) is 6.92 Å². The summed E-state index contributed by atoms with van der Waals surface area (Å²) < 4.78 is 37.7. The van der Waals surface area contributed by atoms with Crippen LogP contribution in [0.5, 0.6) is 0 Å². The first-order valence-corrected chi connectivity index (χ1v) is 5.68. The van der Waals surface area contributed by atoms with Gasteiger partial charge in [-0.3, -0.25) is 4.98 Å². The second-order valence-electron chi connectivity index (χ2n) is 3.04. The van der Waals surface area contributed by atoms with Crippen molar-refractivity contribution in [3.8, 4) is 0 Å². The third-order valence-electron chi connectivity index (χ3n) is 1.56. The Kier molecular flexibility index (Phi) is 3.72. The van der Waals surface area contributed by atoms with Crippen LogP contribution >= 0.6 is 0 Å². The molecule has 84 valence electrons. The van der Waals surface area contributed by atoms with Gasteiger partial charge in [0.1, 0.15) is 10.7 Å². The summed E-state index contributed by atoms with van der Waals surface area (Å²) in [6.45, 7) is 1.31. The summed E-state index contributed by atoms with van der Waals surface area (Å²) in [6.07, 6.45) is 1.14. The highest BCUT2D eigenvalue weighted by Gasteiger charge is 2.15. The van der Waals surface area contributed by atoms with Crippen LogP contribution < -0.4 is 4.72 Å². The summed E-state index contributed by atoms with van der Waals surface area (Å²) in [5.74, 6) is -0.727. The van der Waals surface area contributed by atoms with Crippen molar-refractivity contribution in [2.45, 2.75) is 17.9 Å². The minimum absolute atomic E-state index is 0.126. The van der Waals surface area contributed by atoms with Crippen molar-refractivity contribution in [2.24, 2.45) is 0 Å². The van der Waals surface area contributed by atoms with Gasteiger partial charge in [0.2, 0.25) is 10.0 Å². The number of nitrogens with one attached hydrogen (secondary N) is 1. The summed E-state index contributed by atoms with van der Waals surface area (Å²) in [6, 6.07) is 0.859. The number of aliphatic hydroxyl groups excluding tert-OH is 1. The Balaban J connectivity index is 2.87. The summed E-state index contributed by atoms with van der Waals surface area (Å²) in [5.41, 5.74) is 0. The van der Waals surface area contributed by atoms with E-state index >= 15 is 0 Å². The minimum Gasteiger partial charge on any atom is -0.392 e. The Morgan fingerprint density at radius 1 is 1.60 bits per heavy atom. The van der Waals surface area contributed by atoms with Crippen molar-refractivity contribution in [1.82, 2.24) is 9.71 Å². The molecule has 0 unspecified atom stereocenters. The number of aromatic nitrogens is 1. The van der Waals surface area contributed by atoms with Crippen LogP contribution in [-0.2, 0) is 10.0 Å². The molecule has 1 rings (SSSR count). The van der Waals surface area contributed by atoms with Gasteiger partial charge in [0.25, 0.3) is 0 Å². The first kappa shape index (κ1) is 12.0. The summed E-state index contributed by atoms with van der Waals surface area (Å²) in [5, 5.41) is 8.90. The van der Waals surface area contributed by atoms with Crippen molar-refractivity contribution in [3.05, 3.63) is 24.3 Å². The third kappa shape index (κ3) is 3.54. The van der Waals surface area contributed by atoms with E-state index in [9.17, 15) is 12.8 Å². The van der Waals surface area contributed by atoms with Crippen molar-refractivity contribution < 1.29 is 17.9 Å². The van der Waals surface area contributed by atoms with Gasteiger partial charge in [-0.1, -0.05) is 0 Å². The number of rotatable bonds is 4. The fourth-order valence-corrected chi connectivity index (χ4v) is 1.95. The highest BCUT2D eigenvalue weighted by molar-refractivity contribution is 7.89. The second-order valence-corrected chi connectivity index (χ2v) is 4.81. The number of hydrogen-bond donors (Lipinski definition) is 2. The summed E-state index contributed by atoms with van der Waals surface area (Å²) in [4.78, 5) is 3.16. The quantitative estimate of drug-likeness (QED) is 0.761. The minimum atomic E-state index is -3.79. The smallest absolute Gasteiger partial charge is 0.242 e. The molecule has 0 bridgehead atoms. The maximum atomic E-state index is 12.7. The lowest BCUT2D eigenvalue weighted by atomic mass is 10.4. The Bertz CT molecular complexity index is 433. The van der Waals surface area contributed by atoms with E-state index in [1.807, 2.05) is 0 Å². The van der Waals surface area contributed by atoms with Gasteiger partial charge in [-0.2, -0.15) is 0 Å².